The highest BCUT2D eigenvalue weighted by molar-refractivity contribution is 9.09. The van der Waals surface area contributed by atoms with Crippen molar-refractivity contribution >= 4 is 33.7 Å². The average Bonchev–Trinajstić information content (AvgIpc) is 3.58. The molecule has 1 aromatic rings. The summed E-state index contributed by atoms with van der Waals surface area (Å²) in [5.41, 5.74) is -0.200. The summed E-state index contributed by atoms with van der Waals surface area (Å²) in [6.07, 6.45) is 5.71. The summed E-state index contributed by atoms with van der Waals surface area (Å²) < 4.78 is 6.75. The molecular formula is C33H46BrN3O5. The maximum Gasteiger partial charge on any atom is 0.248 e. The van der Waals surface area contributed by atoms with Gasteiger partial charge in [0.25, 0.3) is 0 Å². The third kappa shape index (κ3) is 5.72. The fourth-order valence-corrected chi connectivity index (χ4v) is 8.12. The summed E-state index contributed by atoms with van der Waals surface area (Å²) in [4.78, 5) is 48.4. The zero-order chi connectivity index (χ0) is 30.6. The van der Waals surface area contributed by atoms with Gasteiger partial charge < -0.3 is 24.5 Å². The highest BCUT2D eigenvalue weighted by atomic mass is 79.9. The van der Waals surface area contributed by atoms with Crippen LogP contribution in [-0.2, 0) is 25.7 Å². The molecule has 3 amide bonds. The summed E-state index contributed by atoms with van der Waals surface area (Å²) in [5.74, 6) is -2.31. The number of rotatable bonds is 15. The predicted octanol–water partition coefficient (Wildman–Crippen LogP) is 4.17. The molecule has 3 aliphatic rings. The number of alkyl halides is 1. The number of ether oxygens (including phenoxy) is 1. The van der Waals surface area contributed by atoms with E-state index in [4.69, 9.17) is 4.74 Å². The maximum atomic E-state index is 14.6. The number of carbonyl (C=O) groups is 3. The largest absolute Gasteiger partial charge is 0.394 e. The van der Waals surface area contributed by atoms with Gasteiger partial charge in [0.05, 0.1) is 30.6 Å². The van der Waals surface area contributed by atoms with Crippen LogP contribution in [0.25, 0.3) is 0 Å². The van der Waals surface area contributed by atoms with Crippen LogP contribution in [0.4, 0.5) is 0 Å². The summed E-state index contributed by atoms with van der Waals surface area (Å²) in [5, 5.41) is 10.6. The van der Waals surface area contributed by atoms with Crippen LogP contribution in [0.5, 0.6) is 0 Å². The predicted molar refractivity (Wildman–Crippen MR) is 167 cm³/mol. The number of unbranched alkanes of at least 4 members (excludes halogenated alkanes) is 1. The van der Waals surface area contributed by atoms with Crippen molar-refractivity contribution in [1.82, 2.24) is 14.7 Å². The first-order valence-electron chi connectivity index (χ1n) is 15.3. The highest BCUT2D eigenvalue weighted by Gasteiger charge is 2.77. The Kier molecular flexibility index (Phi) is 10.7. The summed E-state index contributed by atoms with van der Waals surface area (Å²) in [6.45, 7) is 15.1. The SMILES string of the molecule is C=CCN(CCCC)C(=O)C1N([C@@H](CO)[C@@H](C)CC)C(=O)[C@@H]2[C@H](C(=O)N(CC=C)Cc3ccccc3)[C@H]3OC12CC3Br. The van der Waals surface area contributed by atoms with Crippen LogP contribution < -0.4 is 0 Å². The van der Waals surface area contributed by atoms with Gasteiger partial charge in [-0.2, -0.15) is 0 Å². The second-order valence-corrected chi connectivity index (χ2v) is 13.1. The van der Waals surface area contributed by atoms with Gasteiger partial charge >= 0.3 is 0 Å². The van der Waals surface area contributed by atoms with Gasteiger partial charge in [0.15, 0.2) is 0 Å². The molecule has 2 bridgehead atoms. The van der Waals surface area contributed by atoms with Gasteiger partial charge in [-0.15, -0.1) is 13.2 Å². The molecule has 3 aliphatic heterocycles. The van der Waals surface area contributed by atoms with Gasteiger partial charge in [0.1, 0.15) is 11.6 Å². The monoisotopic (exact) mass is 643 g/mol. The Morgan fingerprint density at radius 1 is 1.17 bits per heavy atom. The van der Waals surface area contributed by atoms with Crippen molar-refractivity contribution in [3.63, 3.8) is 0 Å². The molecule has 1 spiro atoms. The zero-order valence-corrected chi connectivity index (χ0v) is 26.7. The molecule has 230 valence electrons. The summed E-state index contributed by atoms with van der Waals surface area (Å²) >= 11 is 3.78. The highest BCUT2D eigenvalue weighted by Crippen LogP contribution is 2.61. The van der Waals surface area contributed by atoms with Crippen molar-refractivity contribution in [1.29, 1.82) is 0 Å². The Hall–Kier alpha value is -2.49. The fraction of sp³-hybridized carbons (Fsp3) is 0.606. The molecule has 42 heavy (non-hydrogen) atoms. The Morgan fingerprint density at radius 2 is 1.83 bits per heavy atom. The van der Waals surface area contributed by atoms with Crippen molar-refractivity contribution in [3.05, 3.63) is 61.2 Å². The zero-order valence-electron chi connectivity index (χ0n) is 25.2. The number of halogens is 1. The van der Waals surface area contributed by atoms with E-state index in [-0.39, 0.29) is 35.1 Å². The van der Waals surface area contributed by atoms with Crippen LogP contribution in [-0.4, -0.2) is 92.4 Å². The van der Waals surface area contributed by atoms with Crippen LogP contribution >= 0.6 is 15.9 Å². The van der Waals surface area contributed by atoms with E-state index in [1.54, 1.807) is 26.9 Å². The summed E-state index contributed by atoms with van der Waals surface area (Å²) in [7, 11) is 0. The lowest BCUT2D eigenvalue weighted by atomic mass is 9.70. The summed E-state index contributed by atoms with van der Waals surface area (Å²) in [6, 6.07) is 8.21. The van der Waals surface area contributed by atoms with E-state index in [1.807, 2.05) is 44.2 Å². The van der Waals surface area contributed by atoms with Gasteiger partial charge in [-0.3, -0.25) is 14.4 Å². The number of aliphatic hydroxyl groups excluding tert-OH is 1. The van der Waals surface area contributed by atoms with Crippen molar-refractivity contribution in [3.8, 4) is 0 Å². The molecule has 3 unspecified atom stereocenters. The number of likely N-dealkylation sites (tertiary alicyclic amines) is 1. The van der Waals surface area contributed by atoms with Crippen LogP contribution in [0.1, 0.15) is 52.0 Å². The lowest BCUT2D eigenvalue weighted by molar-refractivity contribution is -0.153. The quantitative estimate of drug-likeness (QED) is 0.229. The topological polar surface area (TPSA) is 90.4 Å². The standard InChI is InChI=1S/C33H46BrN3O5/c1-6-10-18-35(16-7-2)32(41)29-33-19-24(34)28(42-33)26(27(33)31(40)37(29)25(21-38)22(5)9-4)30(39)36(17-8-3)20-23-14-12-11-13-15-23/h7-8,11-15,22,24-29,38H,2-3,6,9-10,16-21H2,1,4-5H3/t22-,24?,25-,26-,27-,28-,29?,33?/m0/s1. The van der Waals surface area contributed by atoms with E-state index in [2.05, 4.69) is 36.0 Å². The minimum Gasteiger partial charge on any atom is -0.394 e. The van der Waals surface area contributed by atoms with Gasteiger partial charge in [-0.25, -0.2) is 0 Å². The van der Waals surface area contributed by atoms with E-state index in [0.29, 0.717) is 32.6 Å². The van der Waals surface area contributed by atoms with Crippen LogP contribution in [0.15, 0.2) is 55.6 Å². The van der Waals surface area contributed by atoms with E-state index in [0.717, 1.165) is 24.8 Å². The minimum atomic E-state index is -1.17. The third-order valence-corrected chi connectivity index (χ3v) is 10.3. The normalized spacial score (nSPS) is 29.2. The first-order valence-corrected chi connectivity index (χ1v) is 16.2. The number of benzene rings is 1. The van der Waals surface area contributed by atoms with Crippen molar-refractivity contribution < 1.29 is 24.2 Å². The number of hydrogen-bond donors (Lipinski definition) is 1. The number of nitrogens with zero attached hydrogens (tertiary/aromatic N) is 3. The van der Waals surface area contributed by atoms with Crippen molar-refractivity contribution in [2.75, 3.05) is 26.2 Å². The lowest BCUT2D eigenvalue weighted by Crippen LogP contribution is -2.60. The minimum absolute atomic E-state index is 0.0607. The van der Waals surface area contributed by atoms with E-state index in [9.17, 15) is 19.5 Å². The molecule has 4 rings (SSSR count). The van der Waals surface area contributed by atoms with Gasteiger partial charge in [0, 0.05) is 31.0 Å². The Labute approximate surface area is 258 Å². The number of aliphatic hydroxyl groups is 1. The average molecular weight is 645 g/mol. The molecule has 8 nitrogen and oxygen atoms in total. The molecule has 0 aliphatic carbocycles. The van der Waals surface area contributed by atoms with Crippen LogP contribution in [0, 0.1) is 17.8 Å². The van der Waals surface area contributed by atoms with E-state index >= 15 is 0 Å². The first kappa shape index (κ1) is 32.4. The number of amides is 3. The van der Waals surface area contributed by atoms with Crippen LogP contribution in [0.2, 0.25) is 0 Å². The molecule has 8 atom stereocenters. The molecule has 0 radical (unpaired) electrons. The molecular weight excluding hydrogens is 598 g/mol. The maximum absolute atomic E-state index is 14.6. The van der Waals surface area contributed by atoms with E-state index < -0.39 is 35.6 Å². The smallest absolute Gasteiger partial charge is 0.248 e. The Morgan fingerprint density at radius 3 is 2.43 bits per heavy atom. The Balaban J connectivity index is 1.79. The van der Waals surface area contributed by atoms with E-state index in [1.165, 1.54) is 0 Å². The second-order valence-electron chi connectivity index (χ2n) is 12.0. The molecule has 0 aromatic heterocycles. The Bertz CT molecular complexity index is 1150. The fourth-order valence-electron chi connectivity index (χ4n) is 7.17. The molecule has 1 aromatic carbocycles. The number of carbonyl (C=O) groups excluding carboxylic acids is 3. The molecule has 3 saturated heterocycles. The number of fused-ring (bicyclic) bond motifs is 1. The molecule has 3 heterocycles. The lowest BCUT2D eigenvalue weighted by Gasteiger charge is -2.41. The van der Waals surface area contributed by atoms with Gasteiger partial charge in [-0.1, -0.05) is 92.0 Å². The first-order chi connectivity index (χ1) is 20.2. The van der Waals surface area contributed by atoms with Crippen molar-refractivity contribution in [2.24, 2.45) is 17.8 Å². The van der Waals surface area contributed by atoms with Gasteiger partial charge in [0.2, 0.25) is 17.7 Å². The van der Waals surface area contributed by atoms with Crippen LogP contribution in [0.3, 0.4) is 0 Å². The molecule has 3 fully saturated rings. The molecule has 9 heteroatoms. The molecule has 0 saturated carbocycles. The molecule has 1 N–H and O–H groups in total. The van der Waals surface area contributed by atoms with Gasteiger partial charge in [-0.05, 0) is 24.3 Å². The third-order valence-electron chi connectivity index (χ3n) is 9.41. The second kappa shape index (κ2) is 13.9. The van der Waals surface area contributed by atoms with Crippen molar-refractivity contribution in [2.45, 2.75) is 81.6 Å². The number of hydrogen-bond acceptors (Lipinski definition) is 5.